The monoisotopic (exact) mass is 573 g/mol. The molecule has 0 aromatic carbocycles. The Balaban J connectivity index is 0.00000127. The molecule has 2 aromatic rings. The second kappa shape index (κ2) is 13.5. The molecule has 210 valence electrons. The Hall–Kier alpha value is -2.60. The summed E-state index contributed by atoms with van der Waals surface area (Å²) < 4.78 is 50.9. The first-order chi connectivity index (χ1) is 18.1. The number of carbonyl (C=O) groups excluding carboxylic acids is 1. The van der Waals surface area contributed by atoms with Gasteiger partial charge in [-0.15, -0.1) is 0 Å². The lowest BCUT2D eigenvalue weighted by atomic mass is 9.83. The number of aryl methyl sites for hydroxylation is 1. The van der Waals surface area contributed by atoms with E-state index in [0.717, 1.165) is 18.8 Å². The lowest BCUT2D eigenvalue weighted by Gasteiger charge is -2.26. The van der Waals surface area contributed by atoms with Crippen LogP contribution in [0.15, 0.2) is 12.3 Å². The fourth-order valence-electron chi connectivity index (χ4n) is 5.07. The van der Waals surface area contributed by atoms with Crippen molar-refractivity contribution in [3.8, 4) is 17.0 Å². The Kier molecular flexibility index (Phi) is 10.6. The molecular formula is C25H34ClF2N5O4S. The van der Waals surface area contributed by atoms with Gasteiger partial charge in [-0.2, -0.15) is 13.5 Å². The smallest absolute Gasteiger partial charge is 0.335 e. The van der Waals surface area contributed by atoms with E-state index < -0.39 is 17.5 Å². The topological polar surface area (TPSA) is 115 Å². The van der Waals surface area contributed by atoms with E-state index in [0.29, 0.717) is 48.3 Å². The zero-order valence-electron chi connectivity index (χ0n) is 21.8. The van der Waals surface area contributed by atoms with Gasteiger partial charge in [0.05, 0.1) is 23.4 Å². The third-order valence-corrected chi connectivity index (χ3v) is 7.55. The Morgan fingerprint density at radius 2 is 1.95 bits per heavy atom. The molecule has 0 saturated heterocycles. The van der Waals surface area contributed by atoms with Crippen molar-refractivity contribution in [2.75, 3.05) is 19.0 Å². The minimum absolute atomic E-state index is 0.129. The predicted octanol–water partition coefficient (Wildman–Crippen LogP) is 5.11. The molecule has 0 spiro atoms. The third-order valence-electron chi connectivity index (χ3n) is 7.19. The number of aromatic nitrogens is 3. The number of methoxy groups -OCH3 is 1. The predicted molar refractivity (Wildman–Crippen MR) is 141 cm³/mol. The van der Waals surface area contributed by atoms with Crippen LogP contribution in [0.25, 0.3) is 11.3 Å². The van der Waals surface area contributed by atoms with Crippen LogP contribution in [0.3, 0.4) is 0 Å². The fraction of sp³-hybridized carbons (Fsp3) is 0.640. The van der Waals surface area contributed by atoms with E-state index >= 15 is 0 Å². The van der Waals surface area contributed by atoms with Crippen molar-refractivity contribution in [2.24, 2.45) is 11.8 Å². The molecule has 4 rings (SSSR count). The Bertz CT molecular complexity index is 1150. The van der Waals surface area contributed by atoms with Gasteiger partial charge in [-0.25, -0.2) is 13.8 Å². The van der Waals surface area contributed by atoms with Crippen molar-refractivity contribution in [2.45, 2.75) is 77.3 Å². The number of amides is 1. The fourth-order valence-corrected chi connectivity index (χ4v) is 5.39. The van der Waals surface area contributed by atoms with Gasteiger partial charge < -0.3 is 15.4 Å². The summed E-state index contributed by atoms with van der Waals surface area (Å²) in [7, 11) is 1.52. The summed E-state index contributed by atoms with van der Waals surface area (Å²) in [5, 5.41) is 10.8. The highest BCUT2D eigenvalue weighted by Gasteiger charge is 2.39. The molecular weight excluding hydrogens is 540 g/mol. The highest BCUT2D eigenvalue weighted by atomic mass is 35.5. The van der Waals surface area contributed by atoms with Crippen LogP contribution in [0.1, 0.15) is 69.3 Å². The molecule has 0 bridgehead atoms. The standard InChI is InChI=1S/C25H34ClF2N5O2.O2S/c1-4-33-23(21(26)22(32-33)24(34)30-13-16-7-5-15(2)6-8-16)18-14-29-20(11-19(18)35-3)31-17-9-10-25(27,28)12-17;1-3-2/h11,14-17H,4-10,12-13H2,1-3H3,(H,29,31)(H,30,34);/t15?,16?,17-;/m0./s1. The van der Waals surface area contributed by atoms with Crippen LogP contribution < -0.4 is 15.4 Å². The van der Waals surface area contributed by atoms with Crippen molar-refractivity contribution < 1.29 is 26.7 Å². The van der Waals surface area contributed by atoms with Gasteiger partial charge in [-0.1, -0.05) is 31.4 Å². The molecule has 2 N–H and O–H groups in total. The van der Waals surface area contributed by atoms with E-state index in [1.807, 2.05) is 6.92 Å². The highest BCUT2D eigenvalue weighted by Crippen LogP contribution is 2.39. The summed E-state index contributed by atoms with van der Waals surface area (Å²) >= 11 is 5.94. The van der Waals surface area contributed by atoms with Crippen LogP contribution in [0, 0.1) is 11.8 Å². The number of nitrogens with zero attached hydrogens (tertiary/aromatic N) is 3. The van der Waals surface area contributed by atoms with E-state index in [1.54, 1.807) is 16.9 Å². The lowest BCUT2D eigenvalue weighted by Crippen LogP contribution is -2.31. The molecule has 2 fully saturated rings. The zero-order valence-corrected chi connectivity index (χ0v) is 23.3. The van der Waals surface area contributed by atoms with Crippen LogP contribution in [0.4, 0.5) is 14.6 Å². The van der Waals surface area contributed by atoms with Crippen LogP contribution in [-0.2, 0) is 18.1 Å². The van der Waals surface area contributed by atoms with E-state index in [4.69, 9.17) is 24.8 Å². The molecule has 2 heterocycles. The minimum atomic E-state index is -2.64. The summed E-state index contributed by atoms with van der Waals surface area (Å²) in [4.78, 5) is 17.4. The lowest BCUT2D eigenvalue weighted by molar-refractivity contribution is 0.00851. The second-order valence-electron chi connectivity index (χ2n) is 9.94. The molecule has 0 aliphatic heterocycles. The number of hydrogen-bond donors (Lipinski definition) is 2. The zero-order chi connectivity index (χ0) is 27.9. The number of ether oxygens (including phenoxy) is 1. The maximum atomic E-state index is 13.6. The summed E-state index contributed by atoms with van der Waals surface area (Å²) in [6.07, 6.45) is 6.23. The van der Waals surface area contributed by atoms with Crippen LogP contribution in [0.2, 0.25) is 5.02 Å². The van der Waals surface area contributed by atoms with Gasteiger partial charge in [0.15, 0.2) is 5.69 Å². The van der Waals surface area contributed by atoms with Gasteiger partial charge in [0.1, 0.15) is 11.6 Å². The first-order valence-electron chi connectivity index (χ1n) is 12.8. The van der Waals surface area contributed by atoms with Crippen molar-refractivity contribution in [1.82, 2.24) is 20.1 Å². The van der Waals surface area contributed by atoms with Crippen LogP contribution in [0.5, 0.6) is 5.75 Å². The van der Waals surface area contributed by atoms with Crippen molar-refractivity contribution >= 4 is 34.9 Å². The molecule has 2 saturated carbocycles. The van der Waals surface area contributed by atoms with Gasteiger partial charge in [0.2, 0.25) is 5.92 Å². The number of pyridine rings is 1. The van der Waals surface area contributed by atoms with Crippen molar-refractivity contribution in [1.29, 1.82) is 0 Å². The minimum Gasteiger partial charge on any atom is -0.496 e. The van der Waals surface area contributed by atoms with E-state index in [1.165, 1.54) is 20.0 Å². The van der Waals surface area contributed by atoms with E-state index in [9.17, 15) is 13.6 Å². The Morgan fingerprint density at radius 3 is 2.53 bits per heavy atom. The molecule has 2 aliphatic rings. The quantitative estimate of drug-likeness (QED) is 0.451. The maximum absolute atomic E-state index is 13.6. The number of carbonyl (C=O) groups is 1. The highest BCUT2D eigenvalue weighted by molar-refractivity contribution is 7.51. The molecule has 1 amide bonds. The normalized spacial score (nSPS) is 22.2. The van der Waals surface area contributed by atoms with Gasteiger partial charge in [0, 0.05) is 44.2 Å². The van der Waals surface area contributed by atoms with Gasteiger partial charge in [-0.3, -0.25) is 9.48 Å². The molecule has 1 atom stereocenters. The summed E-state index contributed by atoms with van der Waals surface area (Å²) in [5.41, 5.74) is 1.29. The molecule has 2 aromatic heterocycles. The summed E-state index contributed by atoms with van der Waals surface area (Å²) in [5.74, 6) is -0.794. The third kappa shape index (κ3) is 7.49. The Labute approximate surface area is 229 Å². The van der Waals surface area contributed by atoms with Crippen molar-refractivity contribution in [3.63, 3.8) is 0 Å². The summed E-state index contributed by atoms with van der Waals surface area (Å²) in [6.45, 7) is 5.28. The van der Waals surface area contributed by atoms with E-state index in [2.05, 4.69) is 27.6 Å². The number of halogens is 3. The van der Waals surface area contributed by atoms with Crippen LogP contribution in [-0.4, -0.2) is 54.7 Å². The Morgan fingerprint density at radius 1 is 1.26 bits per heavy atom. The number of hydrogen-bond acceptors (Lipinski definition) is 7. The van der Waals surface area contributed by atoms with Crippen molar-refractivity contribution in [3.05, 3.63) is 23.0 Å². The average Bonchev–Trinajstić information content (AvgIpc) is 3.41. The van der Waals surface area contributed by atoms with Crippen LogP contribution >= 0.6 is 11.6 Å². The van der Waals surface area contributed by atoms with E-state index in [-0.39, 0.29) is 35.5 Å². The molecule has 0 radical (unpaired) electrons. The first-order valence-corrected chi connectivity index (χ1v) is 13.8. The molecule has 38 heavy (non-hydrogen) atoms. The number of rotatable bonds is 8. The molecule has 9 nitrogen and oxygen atoms in total. The molecule has 2 aliphatic carbocycles. The van der Waals surface area contributed by atoms with Gasteiger partial charge in [-0.05, 0) is 38.0 Å². The number of alkyl halides is 2. The second-order valence-corrected chi connectivity index (χ2v) is 10.5. The largest absolute Gasteiger partial charge is 0.496 e. The maximum Gasteiger partial charge on any atom is 0.335 e. The molecule has 13 heteroatoms. The van der Waals surface area contributed by atoms with Gasteiger partial charge in [0.25, 0.3) is 5.91 Å². The average molecular weight is 574 g/mol. The first kappa shape index (κ1) is 29.9. The summed E-state index contributed by atoms with van der Waals surface area (Å²) in [6, 6.07) is 1.32. The van der Waals surface area contributed by atoms with Gasteiger partial charge >= 0.3 is 11.6 Å². The molecule has 0 unspecified atom stereocenters. The number of nitrogens with one attached hydrogen (secondary N) is 2. The SMILES string of the molecule is CCn1nc(C(=O)NCC2CCC(C)CC2)c(Cl)c1-c1cnc(N[C@H]2CCC(F)(F)C2)cc1OC.O=S=O. The number of anilines is 1.